The van der Waals surface area contributed by atoms with Crippen LogP contribution in [0.3, 0.4) is 0 Å². The smallest absolute Gasteiger partial charge is 0.0480 e. The molecule has 0 fully saturated rings. The number of hydrogen-bond acceptors (Lipinski definition) is 1. The Bertz CT molecular complexity index is 457. The first kappa shape index (κ1) is 10.2. The van der Waals surface area contributed by atoms with E-state index < -0.39 is 0 Å². The largest absolute Gasteiger partial charge is 0.348 e. The van der Waals surface area contributed by atoms with Gasteiger partial charge in [-0.15, -0.1) is 0 Å². The fraction of sp³-hybridized carbons (Fsp3) is 0.385. The highest BCUT2D eigenvalue weighted by Gasteiger charge is 2.05. The van der Waals surface area contributed by atoms with Crippen molar-refractivity contribution in [2.45, 2.75) is 26.4 Å². The van der Waals surface area contributed by atoms with Crippen LogP contribution in [0.15, 0.2) is 30.5 Å². The van der Waals surface area contributed by atoms with E-state index in [0.29, 0.717) is 6.04 Å². The van der Waals surface area contributed by atoms with Crippen LogP contribution in [0.25, 0.3) is 10.9 Å². The molecule has 15 heavy (non-hydrogen) atoms. The average Bonchev–Trinajstić information content (AvgIpc) is 2.69. The Labute approximate surface area is 90.9 Å². The first-order chi connectivity index (χ1) is 7.26. The number of aryl methyl sites for hydroxylation is 1. The van der Waals surface area contributed by atoms with Gasteiger partial charge in [0, 0.05) is 24.3 Å². The van der Waals surface area contributed by atoms with Gasteiger partial charge in [-0.05, 0) is 50.0 Å². The van der Waals surface area contributed by atoms with Gasteiger partial charge in [-0.25, -0.2) is 0 Å². The summed E-state index contributed by atoms with van der Waals surface area (Å²) in [6, 6.07) is 9.28. The lowest BCUT2D eigenvalue weighted by Crippen LogP contribution is -2.11. The van der Waals surface area contributed by atoms with Crippen molar-refractivity contribution in [1.82, 2.24) is 9.88 Å². The van der Waals surface area contributed by atoms with Gasteiger partial charge < -0.3 is 9.88 Å². The fourth-order valence-electron chi connectivity index (χ4n) is 1.93. The Morgan fingerprint density at radius 3 is 2.80 bits per heavy atom. The summed E-state index contributed by atoms with van der Waals surface area (Å²) in [4.78, 5) is 0. The Balaban J connectivity index is 2.48. The molecule has 2 aromatic rings. The van der Waals surface area contributed by atoms with Crippen molar-refractivity contribution in [3.05, 3.63) is 36.0 Å². The maximum absolute atomic E-state index is 3.26. The minimum absolute atomic E-state index is 0.416. The first-order valence-electron chi connectivity index (χ1n) is 5.52. The first-order valence-corrected chi connectivity index (χ1v) is 5.52. The molecule has 2 nitrogen and oxygen atoms in total. The Morgan fingerprint density at radius 2 is 2.13 bits per heavy atom. The molecule has 80 valence electrons. The van der Waals surface area contributed by atoms with Crippen LogP contribution in [0, 0.1) is 0 Å². The maximum atomic E-state index is 3.26. The van der Waals surface area contributed by atoms with Crippen LogP contribution in [0.2, 0.25) is 0 Å². The molecule has 0 aliphatic rings. The number of nitrogens with one attached hydrogen (secondary N) is 1. The standard InChI is InChI=1S/C13H18N2/c1-4-15-8-7-12-9-11(10(2)14-3)5-6-13(12)15/h5-10,14H,4H2,1-3H3. The van der Waals surface area contributed by atoms with E-state index in [1.807, 2.05) is 7.05 Å². The molecule has 0 saturated heterocycles. The Hall–Kier alpha value is -1.28. The highest BCUT2D eigenvalue weighted by atomic mass is 14.9. The zero-order valence-electron chi connectivity index (χ0n) is 9.62. The van der Waals surface area contributed by atoms with E-state index in [4.69, 9.17) is 0 Å². The monoisotopic (exact) mass is 202 g/mol. The number of rotatable bonds is 3. The molecule has 0 bridgehead atoms. The summed E-state index contributed by atoms with van der Waals surface area (Å²) < 4.78 is 2.27. The summed E-state index contributed by atoms with van der Waals surface area (Å²) in [6.45, 7) is 5.38. The Kier molecular flexibility index (Phi) is 2.78. The van der Waals surface area contributed by atoms with Crippen molar-refractivity contribution >= 4 is 10.9 Å². The molecule has 0 amide bonds. The zero-order valence-corrected chi connectivity index (χ0v) is 9.62. The van der Waals surface area contributed by atoms with Gasteiger partial charge in [-0.2, -0.15) is 0 Å². The molecular formula is C13H18N2. The SMILES string of the molecule is CCn1ccc2cc(C(C)NC)ccc21. The second-order valence-corrected chi connectivity index (χ2v) is 3.93. The van der Waals surface area contributed by atoms with Gasteiger partial charge in [0.1, 0.15) is 0 Å². The summed E-state index contributed by atoms with van der Waals surface area (Å²) in [5, 5.41) is 4.59. The lowest BCUT2D eigenvalue weighted by Gasteiger charge is -2.10. The van der Waals surface area contributed by atoms with E-state index in [-0.39, 0.29) is 0 Å². The molecule has 0 saturated carbocycles. The predicted octanol–water partition coefficient (Wildman–Crippen LogP) is 2.94. The van der Waals surface area contributed by atoms with Gasteiger partial charge in [-0.1, -0.05) is 6.07 Å². The second kappa shape index (κ2) is 4.07. The summed E-state index contributed by atoms with van der Waals surface area (Å²) >= 11 is 0. The average molecular weight is 202 g/mol. The second-order valence-electron chi connectivity index (χ2n) is 3.93. The molecule has 1 unspecified atom stereocenters. The lowest BCUT2D eigenvalue weighted by atomic mass is 10.1. The quantitative estimate of drug-likeness (QED) is 0.809. The van der Waals surface area contributed by atoms with Gasteiger partial charge >= 0.3 is 0 Å². The molecule has 0 aliphatic heterocycles. The van der Waals surface area contributed by atoms with Crippen LogP contribution in [0.4, 0.5) is 0 Å². The van der Waals surface area contributed by atoms with Crippen LogP contribution in [0.1, 0.15) is 25.5 Å². The minimum Gasteiger partial charge on any atom is -0.348 e. The maximum Gasteiger partial charge on any atom is 0.0480 e. The third-order valence-electron chi connectivity index (χ3n) is 3.07. The number of fused-ring (bicyclic) bond motifs is 1. The highest BCUT2D eigenvalue weighted by Crippen LogP contribution is 2.21. The van der Waals surface area contributed by atoms with E-state index >= 15 is 0 Å². The number of nitrogens with zero attached hydrogens (tertiary/aromatic N) is 1. The molecule has 2 rings (SSSR count). The van der Waals surface area contributed by atoms with Gasteiger partial charge in [0.05, 0.1) is 0 Å². The lowest BCUT2D eigenvalue weighted by molar-refractivity contribution is 0.653. The molecule has 0 radical (unpaired) electrons. The van der Waals surface area contributed by atoms with Gasteiger partial charge in [0.25, 0.3) is 0 Å². The van der Waals surface area contributed by atoms with Crippen LogP contribution in [0.5, 0.6) is 0 Å². The summed E-state index contributed by atoms with van der Waals surface area (Å²) in [6.07, 6.45) is 2.15. The van der Waals surface area contributed by atoms with Gasteiger partial charge in [0.2, 0.25) is 0 Å². The van der Waals surface area contributed by atoms with E-state index in [1.54, 1.807) is 0 Å². The number of aromatic nitrogens is 1. The van der Waals surface area contributed by atoms with Crippen molar-refractivity contribution in [2.24, 2.45) is 0 Å². The van der Waals surface area contributed by atoms with Crippen LogP contribution >= 0.6 is 0 Å². The highest BCUT2D eigenvalue weighted by molar-refractivity contribution is 5.81. The molecule has 1 aromatic carbocycles. The van der Waals surface area contributed by atoms with Crippen molar-refractivity contribution in [3.8, 4) is 0 Å². The summed E-state index contributed by atoms with van der Waals surface area (Å²) in [7, 11) is 1.99. The number of benzene rings is 1. The molecule has 0 spiro atoms. The minimum atomic E-state index is 0.416. The topological polar surface area (TPSA) is 17.0 Å². The van der Waals surface area contributed by atoms with Gasteiger partial charge in [-0.3, -0.25) is 0 Å². The molecule has 2 heteroatoms. The fourth-order valence-corrected chi connectivity index (χ4v) is 1.93. The van der Waals surface area contributed by atoms with Gasteiger partial charge in [0.15, 0.2) is 0 Å². The zero-order chi connectivity index (χ0) is 10.8. The molecule has 1 heterocycles. The molecule has 1 N–H and O–H groups in total. The van der Waals surface area contributed by atoms with Crippen molar-refractivity contribution < 1.29 is 0 Å². The Morgan fingerprint density at radius 1 is 1.33 bits per heavy atom. The molecule has 1 aromatic heterocycles. The van der Waals surface area contributed by atoms with Crippen LogP contribution < -0.4 is 5.32 Å². The van der Waals surface area contributed by atoms with E-state index in [9.17, 15) is 0 Å². The van der Waals surface area contributed by atoms with Crippen molar-refractivity contribution in [2.75, 3.05) is 7.05 Å². The van der Waals surface area contributed by atoms with E-state index in [1.165, 1.54) is 16.5 Å². The van der Waals surface area contributed by atoms with Crippen LogP contribution in [-0.2, 0) is 6.54 Å². The number of hydrogen-bond donors (Lipinski definition) is 1. The van der Waals surface area contributed by atoms with E-state index in [0.717, 1.165) is 6.54 Å². The molecular weight excluding hydrogens is 184 g/mol. The summed E-state index contributed by atoms with van der Waals surface area (Å²) in [5.41, 5.74) is 2.67. The van der Waals surface area contributed by atoms with Crippen molar-refractivity contribution in [1.29, 1.82) is 0 Å². The van der Waals surface area contributed by atoms with Crippen LogP contribution in [-0.4, -0.2) is 11.6 Å². The van der Waals surface area contributed by atoms with E-state index in [2.05, 4.69) is 54.2 Å². The predicted molar refractivity (Wildman–Crippen MR) is 65.1 cm³/mol. The summed E-state index contributed by atoms with van der Waals surface area (Å²) in [5.74, 6) is 0. The third kappa shape index (κ3) is 1.77. The molecule has 0 aliphatic carbocycles. The normalized spacial score (nSPS) is 13.3. The molecule has 1 atom stereocenters. The van der Waals surface area contributed by atoms with Crippen molar-refractivity contribution in [3.63, 3.8) is 0 Å². The third-order valence-corrected chi connectivity index (χ3v) is 3.07.